The second-order valence-corrected chi connectivity index (χ2v) is 11.5. The maximum atomic E-state index is 14.0. The lowest BCUT2D eigenvalue weighted by molar-refractivity contribution is -0.137. The van der Waals surface area contributed by atoms with Gasteiger partial charge >= 0.3 is 6.18 Å². The SMILES string of the molecule is C#Cc1nc(C(=O)N(c2cc(OC(C)C)cc(C(F)(F)F)c2)C2CCN(C3CCN(c4ccccc4)CC3)C2=O)cs1. The van der Waals surface area contributed by atoms with Crippen molar-refractivity contribution in [3.8, 4) is 18.1 Å². The van der Waals surface area contributed by atoms with E-state index in [1.165, 1.54) is 11.4 Å². The summed E-state index contributed by atoms with van der Waals surface area (Å²) in [6.07, 6.45) is 2.09. The molecule has 0 radical (unpaired) electrons. The molecule has 0 spiro atoms. The molecule has 11 heteroatoms. The van der Waals surface area contributed by atoms with E-state index in [2.05, 4.69) is 27.9 Å². The van der Waals surface area contributed by atoms with Gasteiger partial charge < -0.3 is 14.5 Å². The summed E-state index contributed by atoms with van der Waals surface area (Å²) < 4.78 is 47.5. The molecule has 1 atom stereocenters. The molecule has 3 aromatic rings. The van der Waals surface area contributed by atoms with Crippen molar-refractivity contribution < 1.29 is 27.5 Å². The van der Waals surface area contributed by atoms with Crippen LogP contribution in [0.25, 0.3) is 0 Å². The zero-order valence-corrected chi connectivity index (χ0v) is 24.1. The summed E-state index contributed by atoms with van der Waals surface area (Å²) in [6.45, 7) is 5.32. The molecular weight excluding hydrogens is 565 g/mol. The molecule has 3 heterocycles. The monoisotopic (exact) mass is 596 g/mol. The zero-order chi connectivity index (χ0) is 30.0. The average Bonchev–Trinajstić information content (AvgIpc) is 3.60. The molecule has 2 aromatic carbocycles. The maximum absolute atomic E-state index is 14.0. The highest BCUT2D eigenvalue weighted by atomic mass is 32.1. The molecule has 5 rings (SSSR count). The van der Waals surface area contributed by atoms with E-state index < -0.39 is 29.8 Å². The van der Waals surface area contributed by atoms with Crippen LogP contribution in [0, 0.1) is 12.3 Å². The van der Waals surface area contributed by atoms with Gasteiger partial charge in [-0.1, -0.05) is 18.2 Å². The molecule has 1 unspecified atom stereocenters. The average molecular weight is 597 g/mol. The number of carbonyl (C=O) groups excluding carboxylic acids is 2. The minimum absolute atomic E-state index is 0.0286. The number of carbonyl (C=O) groups is 2. The van der Waals surface area contributed by atoms with Crippen molar-refractivity contribution in [2.75, 3.05) is 29.4 Å². The van der Waals surface area contributed by atoms with E-state index in [-0.39, 0.29) is 40.5 Å². The van der Waals surface area contributed by atoms with Crippen LogP contribution < -0.4 is 14.5 Å². The molecule has 0 aliphatic carbocycles. The Balaban J connectivity index is 1.45. The van der Waals surface area contributed by atoms with Gasteiger partial charge in [0.1, 0.15) is 17.5 Å². The second kappa shape index (κ2) is 12.1. The predicted molar refractivity (Wildman–Crippen MR) is 156 cm³/mol. The van der Waals surface area contributed by atoms with Gasteiger partial charge in [0.25, 0.3) is 5.91 Å². The van der Waals surface area contributed by atoms with E-state index in [4.69, 9.17) is 11.2 Å². The minimum Gasteiger partial charge on any atom is -0.491 e. The first-order chi connectivity index (χ1) is 20.0. The Bertz CT molecular complexity index is 1480. The number of ether oxygens (including phenoxy) is 1. The van der Waals surface area contributed by atoms with E-state index in [1.54, 1.807) is 18.7 Å². The number of likely N-dealkylation sites (tertiary alicyclic amines) is 1. The fourth-order valence-electron chi connectivity index (χ4n) is 5.59. The summed E-state index contributed by atoms with van der Waals surface area (Å²) in [6, 6.07) is 12.2. The van der Waals surface area contributed by atoms with E-state index in [0.29, 0.717) is 6.54 Å². The third kappa shape index (κ3) is 6.23. The molecular formula is C31H31F3N4O3S. The number of piperidine rings is 1. The van der Waals surface area contributed by atoms with Crippen LogP contribution in [0.15, 0.2) is 53.9 Å². The Morgan fingerprint density at radius 2 is 1.83 bits per heavy atom. The summed E-state index contributed by atoms with van der Waals surface area (Å²) in [5.41, 5.74) is 0.0301. The van der Waals surface area contributed by atoms with Gasteiger partial charge in [-0.15, -0.1) is 17.8 Å². The van der Waals surface area contributed by atoms with Crippen molar-refractivity contribution in [2.24, 2.45) is 0 Å². The van der Waals surface area contributed by atoms with Gasteiger partial charge in [0.2, 0.25) is 5.91 Å². The van der Waals surface area contributed by atoms with Crippen LogP contribution in [0.2, 0.25) is 0 Å². The number of amides is 2. The first-order valence-electron chi connectivity index (χ1n) is 13.8. The van der Waals surface area contributed by atoms with Crippen LogP contribution in [0.3, 0.4) is 0 Å². The number of thiazole rings is 1. The Hall–Kier alpha value is -4.04. The molecule has 2 saturated heterocycles. The van der Waals surface area contributed by atoms with Crippen LogP contribution in [0.1, 0.15) is 54.2 Å². The molecule has 2 aliphatic heterocycles. The highest BCUT2D eigenvalue weighted by Gasteiger charge is 2.44. The standard InChI is InChI=1S/C31H31F3N4O3S/c1-4-28-35-26(19-42-28)29(39)38(24-16-21(31(32,33)34)17-25(18-24)41-20(2)3)27-12-15-37(30(27)40)23-10-13-36(14-11-23)22-8-6-5-7-9-22/h1,5-9,16-20,23,27H,10-15H2,2-3H3. The molecule has 0 N–H and O–H groups in total. The van der Waals surface area contributed by atoms with Gasteiger partial charge in [0, 0.05) is 48.5 Å². The van der Waals surface area contributed by atoms with E-state index in [0.717, 1.165) is 60.0 Å². The smallest absolute Gasteiger partial charge is 0.416 e. The lowest BCUT2D eigenvalue weighted by Gasteiger charge is -2.38. The van der Waals surface area contributed by atoms with Crippen molar-refractivity contribution in [2.45, 2.75) is 57.5 Å². The van der Waals surface area contributed by atoms with Crippen molar-refractivity contribution in [1.82, 2.24) is 9.88 Å². The van der Waals surface area contributed by atoms with Crippen molar-refractivity contribution in [3.05, 3.63) is 70.2 Å². The number of hydrogen-bond donors (Lipinski definition) is 0. The Kier molecular flexibility index (Phi) is 8.45. The quantitative estimate of drug-likeness (QED) is 0.321. The molecule has 1 aromatic heterocycles. The normalized spacial score (nSPS) is 17.9. The summed E-state index contributed by atoms with van der Waals surface area (Å²) in [7, 11) is 0. The van der Waals surface area contributed by atoms with E-state index in [9.17, 15) is 22.8 Å². The molecule has 2 fully saturated rings. The van der Waals surface area contributed by atoms with Crippen LogP contribution in [-0.2, 0) is 11.0 Å². The third-order valence-corrected chi connectivity index (χ3v) is 8.26. The number of rotatable bonds is 7. The number of anilines is 2. The van der Waals surface area contributed by atoms with Crippen LogP contribution in [-0.4, -0.2) is 59.5 Å². The largest absolute Gasteiger partial charge is 0.491 e. The Labute approximate surface area is 246 Å². The highest BCUT2D eigenvalue weighted by molar-refractivity contribution is 7.10. The minimum atomic E-state index is -4.70. The number of benzene rings is 2. The first-order valence-corrected chi connectivity index (χ1v) is 14.7. The van der Waals surface area contributed by atoms with Gasteiger partial charge in [-0.2, -0.15) is 13.2 Å². The van der Waals surface area contributed by atoms with Crippen molar-refractivity contribution in [3.63, 3.8) is 0 Å². The number of terminal acetylenes is 1. The number of nitrogens with zero attached hydrogens (tertiary/aromatic N) is 4. The van der Waals surface area contributed by atoms with Crippen LogP contribution >= 0.6 is 11.3 Å². The predicted octanol–water partition coefficient (Wildman–Crippen LogP) is 5.85. The molecule has 0 saturated carbocycles. The molecule has 7 nitrogen and oxygen atoms in total. The molecule has 42 heavy (non-hydrogen) atoms. The lowest BCUT2D eigenvalue weighted by Crippen LogP contribution is -2.50. The van der Waals surface area contributed by atoms with Gasteiger partial charge in [-0.3, -0.25) is 14.5 Å². The van der Waals surface area contributed by atoms with Crippen LogP contribution in [0.4, 0.5) is 24.5 Å². The van der Waals surface area contributed by atoms with Gasteiger partial charge in [-0.25, -0.2) is 4.98 Å². The van der Waals surface area contributed by atoms with E-state index in [1.807, 2.05) is 18.2 Å². The number of alkyl halides is 3. The number of para-hydroxylation sites is 1. The molecule has 2 aliphatic rings. The topological polar surface area (TPSA) is 66.0 Å². The lowest BCUT2D eigenvalue weighted by atomic mass is 10.0. The Morgan fingerprint density at radius 3 is 2.45 bits per heavy atom. The summed E-state index contributed by atoms with van der Waals surface area (Å²) >= 11 is 1.07. The second-order valence-electron chi connectivity index (χ2n) is 10.6. The van der Waals surface area contributed by atoms with Crippen molar-refractivity contribution in [1.29, 1.82) is 0 Å². The fraction of sp³-hybridized carbons (Fsp3) is 0.387. The fourth-order valence-corrected chi connectivity index (χ4v) is 6.19. The molecule has 220 valence electrons. The summed E-state index contributed by atoms with van der Waals surface area (Å²) in [4.78, 5) is 37.2. The number of aromatic nitrogens is 1. The third-order valence-electron chi connectivity index (χ3n) is 7.48. The van der Waals surface area contributed by atoms with Gasteiger partial charge in [-0.05, 0) is 63.3 Å². The summed E-state index contributed by atoms with van der Waals surface area (Å²) in [5.74, 6) is 1.34. The maximum Gasteiger partial charge on any atom is 0.416 e. The zero-order valence-electron chi connectivity index (χ0n) is 23.3. The van der Waals surface area contributed by atoms with E-state index >= 15 is 0 Å². The van der Waals surface area contributed by atoms with Crippen molar-refractivity contribution >= 4 is 34.5 Å². The molecule has 0 bridgehead atoms. The highest BCUT2D eigenvalue weighted by Crippen LogP contribution is 2.38. The van der Waals surface area contributed by atoms with Gasteiger partial charge in [0.15, 0.2) is 5.01 Å². The Morgan fingerprint density at radius 1 is 1.12 bits per heavy atom. The van der Waals surface area contributed by atoms with Gasteiger partial charge in [0.05, 0.1) is 11.7 Å². The number of hydrogen-bond acceptors (Lipinski definition) is 6. The first kappa shape index (κ1) is 29.5. The van der Waals surface area contributed by atoms with Crippen LogP contribution in [0.5, 0.6) is 5.75 Å². The summed E-state index contributed by atoms with van der Waals surface area (Å²) in [5, 5.41) is 1.72. The molecule has 2 amide bonds. The number of halogens is 3.